The number of nitrogens with one attached hydrogen (secondary N) is 2. The number of nitro benzene ring substituents is 1. The molecular weight excluding hydrogens is 420 g/mol. The molecule has 0 radical (unpaired) electrons. The van der Waals surface area contributed by atoms with Gasteiger partial charge in [0.1, 0.15) is 12.4 Å². The van der Waals surface area contributed by atoms with Crippen molar-refractivity contribution in [2.75, 3.05) is 12.4 Å². The zero-order valence-electron chi connectivity index (χ0n) is 18.0. The van der Waals surface area contributed by atoms with E-state index >= 15 is 0 Å². The third kappa shape index (κ3) is 4.24. The molecule has 12 nitrogen and oxygen atoms in total. The molecule has 0 spiro atoms. The van der Waals surface area contributed by atoms with Gasteiger partial charge in [-0.3, -0.25) is 24.5 Å². The highest BCUT2D eigenvalue weighted by molar-refractivity contribution is 5.96. The van der Waals surface area contributed by atoms with Crippen molar-refractivity contribution in [3.05, 3.63) is 60.5 Å². The molecule has 3 aromatic rings. The summed E-state index contributed by atoms with van der Waals surface area (Å²) < 4.78 is 8.35. The minimum absolute atomic E-state index is 0.00133. The number of carbonyl (C=O) groups excluding carboxylic acids is 1. The van der Waals surface area contributed by atoms with Gasteiger partial charge in [0.2, 0.25) is 0 Å². The smallest absolute Gasteiger partial charge is 0.340 e. The van der Waals surface area contributed by atoms with Gasteiger partial charge < -0.3 is 14.6 Å². The van der Waals surface area contributed by atoms with Gasteiger partial charge in [0, 0.05) is 38.0 Å². The lowest BCUT2D eigenvalue weighted by Crippen LogP contribution is -2.31. The molecule has 0 amide bonds. The number of nitro groups is 1. The second kappa shape index (κ2) is 9.45. The minimum Gasteiger partial charge on any atom is -0.454 e. The molecule has 0 atom stereocenters. The van der Waals surface area contributed by atoms with Gasteiger partial charge in [-0.25, -0.2) is 14.6 Å². The molecule has 32 heavy (non-hydrogen) atoms. The van der Waals surface area contributed by atoms with E-state index in [9.17, 15) is 24.5 Å². The molecular formula is C20H24N6O6. The highest BCUT2D eigenvalue weighted by atomic mass is 16.6. The van der Waals surface area contributed by atoms with E-state index in [4.69, 9.17) is 4.74 Å². The number of esters is 1. The molecule has 2 N–H and O–H groups in total. The van der Waals surface area contributed by atoms with E-state index in [1.165, 1.54) is 16.7 Å². The predicted octanol–water partition coefficient (Wildman–Crippen LogP) is 2.01. The maximum absolute atomic E-state index is 12.7. The van der Waals surface area contributed by atoms with Gasteiger partial charge in [-0.1, -0.05) is 13.3 Å². The van der Waals surface area contributed by atoms with Gasteiger partial charge in [0.15, 0.2) is 11.2 Å². The SMILES string of the molecule is CCCCn1c(=O)[nH]c(=O)c2c1nc(COC(=O)c1cc([N+](=O)[O-])ccc1NC)n2CC. The van der Waals surface area contributed by atoms with Gasteiger partial charge >= 0.3 is 11.7 Å². The molecule has 0 bridgehead atoms. The fraction of sp³-hybridized carbons (Fsp3) is 0.400. The average molecular weight is 444 g/mol. The predicted molar refractivity (Wildman–Crippen MR) is 117 cm³/mol. The molecule has 0 aliphatic carbocycles. The van der Waals surface area contributed by atoms with E-state index in [-0.39, 0.29) is 34.8 Å². The van der Waals surface area contributed by atoms with Gasteiger partial charge in [0.05, 0.1) is 10.5 Å². The number of rotatable bonds is 9. The van der Waals surface area contributed by atoms with E-state index in [1.54, 1.807) is 18.5 Å². The summed E-state index contributed by atoms with van der Waals surface area (Å²) in [6, 6.07) is 3.83. The standard InChI is InChI=1S/C20H24N6O6/c1-4-6-9-25-17-16(18(27)23-20(25)29)24(5-2)15(22-17)11-32-19(28)13-10-12(26(30)31)7-8-14(13)21-3/h7-8,10,21H,4-6,9,11H2,1-3H3,(H,23,27,29). The van der Waals surface area contributed by atoms with Crippen LogP contribution in [-0.4, -0.2) is 37.0 Å². The normalized spacial score (nSPS) is 11.0. The molecule has 1 aromatic carbocycles. The molecule has 0 aliphatic heterocycles. The fourth-order valence-electron chi connectivity index (χ4n) is 3.43. The molecule has 0 aliphatic rings. The molecule has 0 saturated carbocycles. The van der Waals surface area contributed by atoms with Crippen LogP contribution in [0.3, 0.4) is 0 Å². The number of non-ortho nitro benzene ring substituents is 1. The summed E-state index contributed by atoms with van der Waals surface area (Å²) >= 11 is 0. The number of unbranched alkanes of at least 4 members (excludes halogenated alkanes) is 1. The number of anilines is 1. The summed E-state index contributed by atoms with van der Waals surface area (Å²) in [6.45, 7) is 4.25. The lowest BCUT2D eigenvalue weighted by molar-refractivity contribution is -0.384. The molecule has 2 heterocycles. The number of aryl methyl sites for hydroxylation is 2. The molecule has 12 heteroatoms. The molecule has 3 rings (SSSR count). The van der Waals surface area contributed by atoms with Crippen molar-refractivity contribution in [1.29, 1.82) is 0 Å². The summed E-state index contributed by atoms with van der Waals surface area (Å²) in [4.78, 5) is 54.6. The topological polar surface area (TPSA) is 154 Å². The third-order valence-electron chi connectivity index (χ3n) is 5.05. The Labute approximate surface area is 182 Å². The third-order valence-corrected chi connectivity index (χ3v) is 5.05. The van der Waals surface area contributed by atoms with E-state index < -0.39 is 22.1 Å². The maximum atomic E-state index is 12.7. The number of fused-ring (bicyclic) bond motifs is 1. The van der Waals surface area contributed by atoms with Crippen LogP contribution < -0.4 is 16.6 Å². The number of aromatic nitrogens is 4. The summed E-state index contributed by atoms with van der Waals surface area (Å²) in [7, 11) is 1.58. The van der Waals surface area contributed by atoms with Gasteiger partial charge in [-0.2, -0.15) is 0 Å². The van der Waals surface area contributed by atoms with E-state index in [0.717, 1.165) is 18.9 Å². The van der Waals surface area contributed by atoms with E-state index in [0.29, 0.717) is 18.8 Å². The van der Waals surface area contributed by atoms with E-state index in [1.807, 2.05) is 6.92 Å². The Bertz CT molecular complexity index is 1290. The average Bonchev–Trinajstić information content (AvgIpc) is 3.15. The Hall–Kier alpha value is -3.96. The van der Waals surface area contributed by atoms with Crippen LogP contribution in [0.2, 0.25) is 0 Å². The van der Waals surface area contributed by atoms with Crippen molar-refractivity contribution in [3.8, 4) is 0 Å². The van der Waals surface area contributed by atoms with Crippen molar-refractivity contribution in [2.45, 2.75) is 46.4 Å². The zero-order valence-corrected chi connectivity index (χ0v) is 18.0. The molecule has 0 fully saturated rings. The monoisotopic (exact) mass is 444 g/mol. The summed E-state index contributed by atoms with van der Waals surface area (Å²) in [5.74, 6) is -0.501. The van der Waals surface area contributed by atoms with Crippen molar-refractivity contribution in [1.82, 2.24) is 19.1 Å². The number of benzene rings is 1. The lowest BCUT2D eigenvalue weighted by Gasteiger charge is -2.10. The number of hydrogen-bond donors (Lipinski definition) is 2. The largest absolute Gasteiger partial charge is 0.454 e. The van der Waals surface area contributed by atoms with Crippen molar-refractivity contribution in [3.63, 3.8) is 0 Å². The van der Waals surface area contributed by atoms with Crippen molar-refractivity contribution < 1.29 is 14.5 Å². The Balaban J connectivity index is 1.98. The number of H-pyrrole nitrogens is 1. The van der Waals surface area contributed by atoms with Crippen LogP contribution in [0.4, 0.5) is 11.4 Å². The number of imidazole rings is 1. The molecule has 0 unspecified atom stereocenters. The summed E-state index contributed by atoms with van der Waals surface area (Å²) in [5.41, 5.74) is -0.542. The number of hydrogen-bond acceptors (Lipinski definition) is 8. The van der Waals surface area contributed by atoms with Gasteiger partial charge in [-0.15, -0.1) is 0 Å². The number of aromatic amines is 1. The number of carbonyl (C=O) groups is 1. The number of ether oxygens (including phenoxy) is 1. The first-order valence-corrected chi connectivity index (χ1v) is 10.2. The van der Waals surface area contributed by atoms with Gasteiger partial charge in [0.25, 0.3) is 11.2 Å². The summed E-state index contributed by atoms with van der Waals surface area (Å²) in [6.07, 6.45) is 1.58. The lowest BCUT2D eigenvalue weighted by atomic mass is 10.1. The van der Waals surface area contributed by atoms with Crippen LogP contribution in [0.15, 0.2) is 27.8 Å². The second-order valence-corrected chi connectivity index (χ2v) is 7.02. The van der Waals surface area contributed by atoms with Crippen molar-refractivity contribution in [2.24, 2.45) is 0 Å². The first-order chi connectivity index (χ1) is 15.3. The fourth-order valence-corrected chi connectivity index (χ4v) is 3.43. The van der Waals surface area contributed by atoms with Crippen LogP contribution in [0, 0.1) is 10.1 Å². The quantitative estimate of drug-likeness (QED) is 0.289. The van der Waals surface area contributed by atoms with E-state index in [2.05, 4.69) is 15.3 Å². The molecule has 170 valence electrons. The minimum atomic E-state index is -0.787. The first-order valence-electron chi connectivity index (χ1n) is 10.2. The van der Waals surface area contributed by atoms with Crippen LogP contribution in [-0.2, 0) is 24.4 Å². The highest BCUT2D eigenvalue weighted by Gasteiger charge is 2.21. The van der Waals surface area contributed by atoms with Crippen LogP contribution in [0.25, 0.3) is 11.2 Å². The Morgan fingerprint density at radius 1 is 1.28 bits per heavy atom. The Morgan fingerprint density at radius 2 is 2.03 bits per heavy atom. The highest BCUT2D eigenvalue weighted by Crippen LogP contribution is 2.23. The summed E-state index contributed by atoms with van der Waals surface area (Å²) in [5, 5.41) is 13.9. The Morgan fingerprint density at radius 3 is 2.66 bits per heavy atom. The Kier molecular flexibility index (Phi) is 6.71. The maximum Gasteiger partial charge on any atom is 0.340 e. The van der Waals surface area contributed by atoms with Crippen LogP contribution >= 0.6 is 0 Å². The number of nitrogens with zero attached hydrogens (tertiary/aromatic N) is 4. The van der Waals surface area contributed by atoms with Gasteiger partial charge in [-0.05, 0) is 19.4 Å². The van der Waals surface area contributed by atoms with Crippen molar-refractivity contribution >= 4 is 28.5 Å². The van der Waals surface area contributed by atoms with Crippen LogP contribution in [0.5, 0.6) is 0 Å². The zero-order chi connectivity index (χ0) is 23.4. The second-order valence-electron chi connectivity index (χ2n) is 7.02. The molecule has 2 aromatic heterocycles. The first kappa shape index (κ1) is 22.7. The van der Waals surface area contributed by atoms with Crippen LogP contribution in [0.1, 0.15) is 42.9 Å². The molecule has 0 saturated heterocycles.